The van der Waals surface area contributed by atoms with E-state index in [2.05, 4.69) is 0 Å². The highest BCUT2D eigenvalue weighted by molar-refractivity contribution is 5.71. The first-order valence-electron chi connectivity index (χ1n) is 5.34. The minimum atomic E-state index is -0.0955. The summed E-state index contributed by atoms with van der Waals surface area (Å²) in [7, 11) is 1.71. The van der Waals surface area contributed by atoms with Crippen LogP contribution < -0.4 is 0 Å². The normalized spacial score (nSPS) is 10.6. The molecule has 0 N–H and O–H groups in total. The van der Waals surface area contributed by atoms with Crippen LogP contribution in [0, 0.1) is 5.92 Å². The number of carbonyl (C=O) groups is 1. The van der Waals surface area contributed by atoms with Gasteiger partial charge in [0.2, 0.25) is 0 Å². The highest BCUT2D eigenvalue weighted by Gasteiger charge is 2.06. The predicted octanol–water partition coefficient (Wildman–Crippen LogP) is 2.39. The Bertz CT molecular complexity index is 143. The molecule has 0 aliphatic rings. The summed E-state index contributed by atoms with van der Waals surface area (Å²) in [5.41, 5.74) is 0. The Balaban J connectivity index is 3.10. The number of esters is 1. The van der Waals surface area contributed by atoms with Gasteiger partial charge in [-0.05, 0) is 19.3 Å². The van der Waals surface area contributed by atoms with Crippen LogP contribution in [0.3, 0.4) is 0 Å². The zero-order valence-electron chi connectivity index (χ0n) is 9.54. The summed E-state index contributed by atoms with van der Waals surface area (Å²) >= 11 is 0. The molecule has 0 heterocycles. The van der Waals surface area contributed by atoms with E-state index in [1.54, 1.807) is 7.11 Å². The first-order chi connectivity index (χ1) is 6.68. The Morgan fingerprint density at radius 2 is 1.64 bits per heavy atom. The molecule has 0 saturated carbocycles. The van der Waals surface area contributed by atoms with E-state index in [9.17, 15) is 4.79 Å². The Morgan fingerprint density at radius 1 is 1.07 bits per heavy atom. The lowest BCUT2D eigenvalue weighted by Crippen LogP contribution is -2.12. The van der Waals surface area contributed by atoms with E-state index >= 15 is 0 Å². The van der Waals surface area contributed by atoms with Gasteiger partial charge >= 0.3 is 5.97 Å². The van der Waals surface area contributed by atoms with E-state index in [0.717, 1.165) is 32.3 Å². The number of hydrogen-bond acceptors (Lipinski definition) is 3. The van der Waals surface area contributed by atoms with Gasteiger partial charge in [0.1, 0.15) is 0 Å². The van der Waals surface area contributed by atoms with Gasteiger partial charge in [0.15, 0.2) is 0 Å². The van der Waals surface area contributed by atoms with Crippen LogP contribution in [-0.4, -0.2) is 26.3 Å². The molecule has 0 aliphatic carbocycles. The summed E-state index contributed by atoms with van der Waals surface area (Å²) in [6, 6.07) is 0. The largest absolute Gasteiger partial charge is 0.465 e. The third kappa shape index (κ3) is 8.05. The van der Waals surface area contributed by atoms with Gasteiger partial charge in [-0.15, -0.1) is 0 Å². The number of rotatable bonds is 8. The number of methoxy groups -OCH3 is 1. The van der Waals surface area contributed by atoms with Gasteiger partial charge in [0, 0.05) is 13.7 Å². The quantitative estimate of drug-likeness (QED) is 0.448. The van der Waals surface area contributed by atoms with Crippen LogP contribution in [0.1, 0.15) is 39.5 Å². The smallest absolute Gasteiger partial charge is 0.308 e. The van der Waals surface area contributed by atoms with Crippen molar-refractivity contribution in [1.29, 1.82) is 0 Å². The van der Waals surface area contributed by atoms with Crippen LogP contribution in [0.4, 0.5) is 0 Å². The molecule has 0 saturated heterocycles. The summed E-state index contributed by atoms with van der Waals surface area (Å²) in [5.74, 6) is -0.106. The Morgan fingerprint density at radius 3 is 2.14 bits per heavy atom. The van der Waals surface area contributed by atoms with Crippen LogP contribution in [0.2, 0.25) is 0 Å². The molecule has 3 heteroatoms. The molecule has 84 valence electrons. The topological polar surface area (TPSA) is 35.5 Å². The van der Waals surface area contributed by atoms with Crippen molar-refractivity contribution < 1.29 is 14.3 Å². The molecule has 0 aliphatic heterocycles. The lowest BCUT2D eigenvalue weighted by atomic mass is 10.2. The maximum Gasteiger partial charge on any atom is 0.308 e. The fourth-order valence-electron chi connectivity index (χ4n) is 1.04. The molecule has 14 heavy (non-hydrogen) atoms. The highest BCUT2D eigenvalue weighted by Crippen LogP contribution is 2.02. The molecule has 0 aromatic carbocycles. The van der Waals surface area contributed by atoms with Crippen molar-refractivity contribution in [3.05, 3.63) is 0 Å². The third-order valence-electron chi connectivity index (χ3n) is 1.96. The number of hydrogen-bond donors (Lipinski definition) is 0. The first kappa shape index (κ1) is 13.4. The maximum absolute atomic E-state index is 11.0. The molecule has 3 nitrogen and oxygen atoms in total. The van der Waals surface area contributed by atoms with E-state index in [1.807, 2.05) is 13.8 Å². The summed E-state index contributed by atoms with van der Waals surface area (Å²) in [6.45, 7) is 5.08. The van der Waals surface area contributed by atoms with Gasteiger partial charge in [-0.3, -0.25) is 4.79 Å². The van der Waals surface area contributed by atoms with Crippen LogP contribution >= 0.6 is 0 Å². The molecule has 0 aromatic heterocycles. The van der Waals surface area contributed by atoms with E-state index in [4.69, 9.17) is 9.47 Å². The highest BCUT2D eigenvalue weighted by atomic mass is 16.5. The maximum atomic E-state index is 11.0. The number of carbonyl (C=O) groups excluding carboxylic acids is 1. The molecular weight excluding hydrogens is 180 g/mol. The summed E-state index contributed by atoms with van der Waals surface area (Å²) < 4.78 is 9.97. The number of unbranched alkanes of at least 4 members (excludes halogenated alkanes) is 3. The molecule has 0 fully saturated rings. The Hall–Kier alpha value is -0.570. The summed E-state index contributed by atoms with van der Waals surface area (Å²) in [4.78, 5) is 11.0. The molecule has 0 bridgehead atoms. The van der Waals surface area contributed by atoms with Crippen molar-refractivity contribution in [2.45, 2.75) is 39.5 Å². The van der Waals surface area contributed by atoms with Gasteiger partial charge in [0.25, 0.3) is 0 Å². The zero-order valence-corrected chi connectivity index (χ0v) is 9.54. The molecule has 0 aromatic rings. The molecular formula is C11H22O3. The fourth-order valence-corrected chi connectivity index (χ4v) is 1.04. The Kier molecular flexibility index (Phi) is 8.64. The van der Waals surface area contributed by atoms with E-state index < -0.39 is 0 Å². The van der Waals surface area contributed by atoms with Gasteiger partial charge < -0.3 is 9.47 Å². The van der Waals surface area contributed by atoms with Crippen molar-refractivity contribution >= 4 is 5.97 Å². The van der Waals surface area contributed by atoms with E-state index in [-0.39, 0.29) is 11.9 Å². The molecule has 0 rings (SSSR count). The van der Waals surface area contributed by atoms with Crippen molar-refractivity contribution in [2.24, 2.45) is 5.92 Å². The van der Waals surface area contributed by atoms with Crippen molar-refractivity contribution in [3.8, 4) is 0 Å². The van der Waals surface area contributed by atoms with Crippen LogP contribution in [0.25, 0.3) is 0 Å². The molecule has 0 spiro atoms. The monoisotopic (exact) mass is 202 g/mol. The second-order valence-corrected chi connectivity index (χ2v) is 3.73. The lowest BCUT2D eigenvalue weighted by molar-refractivity contribution is -0.147. The second-order valence-electron chi connectivity index (χ2n) is 3.73. The van der Waals surface area contributed by atoms with Gasteiger partial charge in [-0.25, -0.2) is 0 Å². The SMILES string of the molecule is COCCCCCCOC(=O)C(C)C. The van der Waals surface area contributed by atoms with Crippen LogP contribution in [-0.2, 0) is 14.3 Å². The van der Waals surface area contributed by atoms with Crippen molar-refractivity contribution in [2.75, 3.05) is 20.3 Å². The summed E-state index contributed by atoms with van der Waals surface area (Å²) in [6.07, 6.45) is 4.30. The molecule has 0 atom stereocenters. The van der Waals surface area contributed by atoms with Gasteiger partial charge in [0.05, 0.1) is 12.5 Å². The standard InChI is InChI=1S/C11H22O3/c1-10(2)11(12)14-9-7-5-4-6-8-13-3/h10H,4-9H2,1-3H3. The third-order valence-corrected chi connectivity index (χ3v) is 1.96. The minimum absolute atomic E-state index is 0.0107. The van der Waals surface area contributed by atoms with Crippen molar-refractivity contribution in [3.63, 3.8) is 0 Å². The molecule has 0 amide bonds. The van der Waals surface area contributed by atoms with Crippen LogP contribution in [0.5, 0.6) is 0 Å². The lowest BCUT2D eigenvalue weighted by Gasteiger charge is -2.06. The molecule has 0 unspecified atom stereocenters. The number of ether oxygens (including phenoxy) is 2. The Labute approximate surface area is 86.8 Å². The minimum Gasteiger partial charge on any atom is -0.465 e. The zero-order chi connectivity index (χ0) is 10.8. The van der Waals surface area contributed by atoms with Crippen molar-refractivity contribution in [1.82, 2.24) is 0 Å². The predicted molar refractivity (Wildman–Crippen MR) is 56.1 cm³/mol. The van der Waals surface area contributed by atoms with E-state index in [1.165, 1.54) is 0 Å². The molecule has 0 radical (unpaired) electrons. The van der Waals surface area contributed by atoms with Crippen LogP contribution in [0.15, 0.2) is 0 Å². The second kappa shape index (κ2) is 9.00. The van der Waals surface area contributed by atoms with Gasteiger partial charge in [-0.2, -0.15) is 0 Å². The van der Waals surface area contributed by atoms with E-state index in [0.29, 0.717) is 6.61 Å². The first-order valence-corrected chi connectivity index (χ1v) is 5.34. The average molecular weight is 202 g/mol. The summed E-state index contributed by atoms with van der Waals surface area (Å²) in [5, 5.41) is 0. The fraction of sp³-hybridized carbons (Fsp3) is 0.909. The average Bonchev–Trinajstić information content (AvgIpc) is 2.16. The van der Waals surface area contributed by atoms with Gasteiger partial charge in [-0.1, -0.05) is 20.3 Å².